The Morgan fingerprint density at radius 1 is 0.976 bits per heavy atom. The molecule has 1 aliphatic carbocycles. The second-order valence-corrected chi connectivity index (χ2v) is 12.0. The molecule has 0 radical (unpaired) electrons. The number of hydrogen-bond donors (Lipinski definition) is 1. The molecule has 0 unspecified atom stereocenters. The number of amides is 2. The third kappa shape index (κ3) is 7.43. The predicted octanol–water partition coefficient (Wildman–Crippen LogP) is 4.90. The van der Waals surface area contributed by atoms with Crippen molar-refractivity contribution in [3.8, 4) is 5.75 Å². The highest BCUT2D eigenvalue weighted by Gasteiger charge is 2.33. The molecule has 41 heavy (non-hydrogen) atoms. The molecule has 0 heterocycles. The van der Waals surface area contributed by atoms with E-state index in [0.29, 0.717) is 5.75 Å². The highest BCUT2D eigenvalue weighted by atomic mass is 32.2. The molecule has 4 rings (SSSR count). The molecule has 0 bridgehead atoms. The number of nitrogens with one attached hydrogen (secondary N) is 1. The average Bonchev–Trinajstić information content (AvgIpc) is 2.99. The molecule has 1 fully saturated rings. The third-order valence-corrected chi connectivity index (χ3v) is 9.16. The van der Waals surface area contributed by atoms with E-state index in [1.165, 1.54) is 36.3 Å². The van der Waals surface area contributed by atoms with Crippen molar-refractivity contribution in [1.29, 1.82) is 0 Å². The molecule has 0 saturated heterocycles. The molecule has 1 N–H and O–H groups in total. The molecule has 1 atom stereocenters. The van der Waals surface area contributed by atoms with Gasteiger partial charge < -0.3 is 15.0 Å². The lowest BCUT2D eigenvalue weighted by Gasteiger charge is -2.33. The maximum absolute atomic E-state index is 14.7. The van der Waals surface area contributed by atoms with Crippen molar-refractivity contribution < 1.29 is 27.1 Å². The minimum atomic E-state index is -4.20. The van der Waals surface area contributed by atoms with E-state index in [9.17, 15) is 22.4 Å². The van der Waals surface area contributed by atoms with Gasteiger partial charge in [-0.15, -0.1) is 0 Å². The molecule has 8 nitrogen and oxygen atoms in total. The van der Waals surface area contributed by atoms with Crippen LogP contribution in [-0.2, 0) is 26.2 Å². The molecular weight excluding hydrogens is 545 g/mol. The minimum Gasteiger partial charge on any atom is -0.497 e. The second kappa shape index (κ2) is 13.6. The molecule has 218 valence electrons. The Balaban J connectivity index is 1.69. The fraction of sp³-hybridized carbons (Fsp3) is 0.355. The summed E-state index contributed by atoms with van der Waals surface area (Å²) in [5.41, 5.74) is 0.434. The Kier molecular flexibility index (Phi) is 9.99. The second-order valence-electron chi connectivity index (χ2n) is 10.2. The highest BCUT2D eigenvalue weighted by molar-refractivity contribution is 7.92. The maximum atomic E-state index is 14.7. The molecule has 10 heteroatoms. The summed E-state index contributed by atoms with van der Waals surface area (Å²) in [5.74, 6) is -1.12. The Bertz CT molecular complexity index is 1440. The third-order valence-electron chi connectivity index (χ3n) is 7.37. The molecule has 3 aromatic carbocycles. The molecule has 0 aromatic heterocycles. The topological polar surface area (TPSA) is 96.0 Å². The molecule has 1 saturated carbocycles. The zero-order valence-corrected chi connectivity index (χ0v) is 24.1. The van der Waals surface area contributed by atoms with Gasteiger partial charge in [-0.1, -0.05) is 61.7 Å². The van der Waals surface area contributed by atoms with E-state index < -0.39 is 34.3 Å². The molecule has 0 spiro atoms. The van der Waals surface area contributed by atoms with Gasteiger partial charge in [-0.3, -0.25) is 13.9 Å². The van der Waals surface area contributed by atoms with Crippen LogP contribution >= 0.6 is 0 Å². The Morgan fingerprint density at radius 2 is 1.66 bits per heavy atom. The first kappa shape index (κ1) is 30.0. The van der Waals surface area contributed by atoms with E-state index >= 15 is 0 Å². The van der Waals surface area contributed by atoms with Crippen LogP contribution in [0.15, 0.2) is 83.8 Å². The number of hydrogen-bond acceptors (Lipinski definition) is 5. The monoisotopic (exact) mass is 581 g/mol. The number of ether oxygens (including phenoxy) is 1. The molecule has 0 aliphatic heterocycles. The fourth-order valence-electron chi connectivity index (χ4n) is 4.98. The largest absolute Gasteiger partial charge is 0.497 e. The molecule has 2 amide bonds. The van der Waals surface area contributed by atoms with Gasteiger partial charge in [-0.25, -0.2) is 12.8 Å². The number of anilines is 1. The molecule has 3 aromatic rings. The van der Waals surface area contributed by atoms with Crippen LogP contribution in [0.5, 0.6) is 5.75 Å². The lowest BCUT2D eigenvalue weighted by Crippen LogP contribution is -2.53. The number of methoxy groups -OCH3 is 1. The highest BCUT2D eigenvalue weighted by Crippen LogP contribution is 2.28. The van der Waals surface area contributed by atoms with Crippen molar-refractivity contribution in [2.75, 3.05) is 18.0 Å². The number of sulfonamides is 1. The van der Waals surface area contributed by atoms with Crippen LogP contribution in [0.25, 0.3) is 0 Å². The summed E-state index contributed by atoms with van der Waals surface area (Å²) >= 11 is 0. The van der Waals surface area contributed by atoms with Crippen molar-refractivity contribution in [2.45, 2.75) is 62.6 Å². The summed E-state index contributed by atoms with van der Waals surface area (Å²) in [5, 5.41) is 3.04. The first-order valence-corrected chi connectivity index (χ1v) is 15.2. The maximum Gasteiger partial charge on any atom is 0.264 e. The number of rotatable bonds is 11. The van der Waals surface area contributed by atoms with Gasteiger partial charge in [0.05, 0.1) is 17.7 Å². The van der Waals surface area contributed by atoms with Crippen LogP contribution in [0.1, 0.15) is 44.6 Å². The summed E-state index contributed by atoms with van der Waals surface area (Å²) < 4.78 is 48.7. The summed E-state index contributed by atoms with van der Waals surface area (Å²) in [6, 6.07) is 19.2. The Labute approximate surface area is 241 Å². The van der Waals surface area contributed by atoms with Crippen LogP contribution < -0.4 is 14.4 Å². The van der Waals surface area contributed by atoms with Crippen molar-refractivity contribution in [1.82, 2.24) is 10.2 Å². The van der Waals surface area contributed by atoms with Gasteiger partial charge in [-0.05, 0) is 50.1 Å². The Hall–Kier alpha value is -3.92. The van der Waals surface area contributed by atoms with Crippen molar-refractivity contribution in [3.63, 3.8) is 0 Å². The van der Waals surface area contributed by atoms with Gasteiger partial charge >= 0.3 is 0 Å². The summed E-state index contributed by atoms with van der Waals surface area (Å²) in [6.45, 7) is 0.764. The summed E-state index contributed by atoms with van der Waals surface area (Å²) in [6.07, 6.45) is 4.88. The van der Waals surface area contributed by atoms with E-state index in [4.69, 9.17) is 4.74 Å². The van der Waals surface area contributed by atoms with E-state index in [-0.39, 0.29) is 34.6 Å². The van der Waals surface area contributed by atoms with Gasteiger partial charge in [0, 0.05) is 24.2 Å². The van der Waals surface area contributed by atoms with Crippen LogP contribution in [0.4, 0.5) is 10.1 Å². The Morgan fingerprint density at radius 3 is 2.34 bits per heavy atom. The van der Waals surface area contributed by atoms with Crippen LogP contribution in [-0.4, -0.2) is 50.9 Å². The number of halogens is 1. The summed E-state index contributed by atoms with van der Waals surface area (Å²) in [7, 11) is -2.74. The quantitative estimate of drug-likeness (QED) is 0.348. The number of carbonyl (C=O) groups excluding carboxylic acids is 2. The zero-order chi connectivity index (χ0) is 29.4. The smallest absolute Gasteiger partial charge is 0.264 e. The first-order chi connectivity index (χ1) is 19.7. The predicted molar refractivity (Wildman–Crippen MR) is 155 cm³/mol. The van der Waals surface area contributed by atoms with Crippen LogP contribution in [0.3, 0.4) is 0 Å². The van der Waals surface area contributed by atoms with Gasteiger partial charge in [0.1, 0.15) is 24.2 Å². The van der Waals surface area contributed by atoms with Gasteiger partial charge in [0.2, 0.25) is 11.8 Å². The van der Waals surface area contributed by atoms with E-state index in [0.717, 1.165) is 36.4 Å². The van der Waals surface area contributed by atoms with Crippen molar-refractivity contribution >= 4 is 27.5 Å². The van der Waals surface area contributed by atoms with E-state index in [1.54, 1.807) is 61.5 Å². The molecule has 1 aliphatic rings. The first-order valence-electron chi connectivity index (χ1n) is 13.8. The van der Waals surface area contributed by atoms with Crippen LogP contribution in [0.2, 0.25) is 0 Å². The molecular formula is C31H36FN3O5S. The van der Waals surface area contributed by atoms with E-state index in [2.05, 4.69) is 5.32 Å². The van der Waals surface area contributed by atoms with Crippen molar-refractivity contribution in [2.24, 2.45) is 0 Å². The lowest BCUT2D eigenvalue weighted by molar-refractivity contribution is -0.139. The van der Waals surface area contributed by atoms with Gasteiger partial charge in [0.15, 0.2) is 0 Å². The average molecular weight is 582 g/mol. The standard InChI is InChI=1S/C31H36FN3O5S/c1-23(31(37)33-25-13-5-3-6-14-25)34(21-24-12-9-10-19-29(24)32)30(36)22-35(26-15-11-16-27(20-26)40-2)41(38,39)28-17-7-4-8-18-28/h4,7-12,15-20,23,25H,3,5-6,13-14,21-22H2,1-2H3,(H,33,37)/t23-/m0/s1. The SMILES string of the molecule is COc1cccc(N(CC(=O)N(Cc2ccccc2F)[C@@H](C)C(=O)NC2CCCCC2)S(=O)(=O)c2ccccc2)c1. The number of benzene rings is 3. The fourth-order valence-corrected chi connectivity index (χ4v) is 6.40. The van der Waals surface area contributed by atoms with E-state index in [1.807, 2.05) is 0 Å². The number of carbonyl (C=O) groups is 2. The number of nitrogens with zero attached hydrogens (tertiary/aromatic N) is 2. The lowest BCUT2D eigenvalue weighted by atomic mass is 9.95. The van der Waals surface area contributed by atoms with Crippen LogP contribution in [0, 0.1) is 5.82 Å². The van der Waals surface area contributed by atoms with Gasteiger partial charge in [-0.2, -0.15) is 0 Å². The summed E-state index contributed by atoms with van der Waals surface area (Å²) in [4.78, 5) is 28.6. The van der Waals surface area contributed by atoms with Crippen molar-refractivity contribution in [3.05, 3.63) is 90.2 Å². The normalized spacial score (nSPS) is 14.6. The van der Waals surface area contributed by atoms with Gasteiger partial charge in [0.25, 0.3) is 10.0 Å². The minimum absolute atomic E-state index is 0.000589. The zero-order valence-electron chi connectivity index (χ0n) is 23.3.